The summed E-state index contributed by atoms with van der Waals surface area (Å²) in [6.45, 7) is 4.45. The lowest BCUT2D eigenvalue weighted by atomic mass is 9.90. The van der Waals surface area contributed by atoms with Gasteiger partial charge < -0.3 is 9.84 Å². The molecule has 3 atom stereocenters. The third kappa shape index (κ3) is 3.09. The van der Waals surface area contributed by atoms with E-state index in [-0.39, 0.29) is 28.0 Å². The van der Waals surface area contributed by atoms with Crippen molar-refractivity contribution in [1.82, 2.24) is 5.43 Å². The molecule has 1 aromatic carbocycles. The van der Waals surface area contributed by atoms with Crippen LogP contribution in [0.4, 0.5) is 0 Å². The Bertz CT molecular complexity index is 676. The number of rotatable bonds is 5. The first-order valence-electron chi connectivity index (χ1n) is 8.45. The predicted octanol–water partition coefficient (Wildman–Crippen LogP) is 3.72. The number of fused-ring (bicyclic) bond motifs is 1. The molecule has 2 N–H and O–H groups in total. The summed E-state index contributed by atoms with van der Waals surface area (Å²) in [6, 6.07) is 3.21. The first-order chi connectivity index (χ1) is 11.5. The number of nitrogens with one attached hydrogen (secondary N) is 1. The lowest BCUT2D eigenvalue weighted by molar-refractivity contribution is -0.123. The number of phenolic OH excluding ortho intramolecular Hbond substituents is 1. The van der Waals surface area contributed by atoms with Crippen molar-refractivity contribution >= 4 is 23.7 Å². The van der Waals surface area contributed by atoms with Crippen LogP contribution in [-0.4, -0.2) is 23.8 Å². The van der Waals surface area contributed by atoms with Gasteiger partial charge in [-0.05, 0) is 48.8 Å². The molecule has 24 heavy (non-hydrogen) atoms. The van der Waals surface area contributed by atoms with Crippen molar-refractivity contribution in [2.24, 2.45) is 22.4 Å². The summed E-state index contributed by atoms with van der Waals surface area (Å²) in [5.74, 6) is 0.803. The Labute approximate surface area is 147 Å². The average Bonchev–Trinajstić information content (AvgIpc) is 3.18. The van der Waals surface area contributed by atoms with Crippen LogP contribution in [0.2, 0.25) is 5.02 Å². The Kier molecular flexibility index (Phi) is 4.72. The van der Waals surface area contributed by atoms with Crippen LogP contribution in [0.25, 0.3) is 0 Å². The van der Waals surface area contributed by atoms with Gasteiger partial charge in [-0.2, -0.15) is 5.10 Å². The van der Waals surface area contributed by atoms with Gasteiger partial charge in [0.15, 0.2) is 11.5 Å². The summed E-state index contributed by atoms with van der Waals surface area (Å²) in [4.78, 5) is 12.3. The summed E-state index contributed by atoms with van der Waals surface area (Å²) in [5, 5.41) is 14.1. The van der Waals surface area contributed by atoms with Crippen molar-refractivity contribution in [2.45, 2.75) is 39.5 Å². The van der Waals surface area contributed by atoms with Crippen LogP contribution in [0.3, 0.4) is 0 Å². The van der Waals surface area contributed by atoms with Gasteiger partial charge in [-0.25, -0.2) is 5.43 Å². The van der Waals surface area contributed by atoms with Crippen molar-refractivity contribution in [3.8, 4) is 11.5 Å². The highest BCUT2D eigenvalue weighted by atomic mass is 35.5. The first kappa shape index (κ1) is 17.1. The number of hydrogen-bond donors (Lipinski definition) is 2. The molecule has 0 saturated heterocycles. The van der Waals surface area contributed by atoms with Crippen molar-refractivity contribution in [1.29, 1.82) is 0 Å². The van der Waals surface area contributed by atoms with Gasteiger partial charge in [-0.1, -0.05) is 31.4 Å². The number of hydrogen-bond acceptors (Lipinski definition) is 4. The zero-order chi connectivity index (χ0) is 17.3. The molecule has 0 radical (unpaired) electrons. The molecule has 1 amide bonds. The lowest BCUT2D eigenvalue weighted by Crippen LogP contribution is -2.22. The number of ether oxygens (including phenoxy) is 1. The van der Waals surface area contributed by atoms with E-state index in [1.165, 1.54) is 19.1 Å². The van der Waals surface area contributed by atoms with Gasteiger partial charge in [0.25, 0.3) is 0 Å². The van der Waals surface area contributed by atoms with E-state index in [1.807, 2.05) is 6.92 Å². The molecule has 130 valence electrons. The second-order valence-corrected chi connectivity index (χ2v) is 7.26. The molecule has 0 bridgehead atoms. The molecule has 2 aliphatic rings. The highest BCUT2D eigenvalue weighted by molar-refractivity contribution is 6.32. The van der Waals surface area contributed by atoms with Gasteiger partial charge >= 0.3 is 0 Å². The number of benzene rings is 1. The molecule has 5 nitrogen and oxygen atoms in total. The quantitative estimate of drug-likeness (QED) is 0.628. The van der Waals surface area contributed by atoms with Crippen LogP contribution in [0.15, 0.2) is 17.2 Å². The van der Waals surface area contributed by atoms with Crippen molar-refractivity contribution in [3.63, 3.8) is 0 Å². The number of carbonyl (C=O) groups is 1. The second-order valence-electron chi connectivity index (χ2n) is 6.85. The molecule has 2 fully saturated rings. The number of phenols is 1. The fourth-order valence-electron chi connectivity index (χ4n) is 4.02. The van der Waals surface area contributed by atoms with Crippen LogP contribution in [0, 0.1) is 17.3 Å². The SMILES string of the molecule is CCOc1cc(/C=N\NC(=O)[C@@H]2[C@H]3CCCC[C@]32C)cc(Cl)c1O. The van der Waals surface area contributed by atoms with Gasteiger partial charge in [-0.15, -0.1) is 0 Å². The Morgan fingerprint density at radius 3 is 3.00 bits per heavy atom. The van der Waals surface area contributed by atoms with Crippen LogP contribution >= 0.6 is 11.6 Å². The molecule has 0 unspecified atom stereocenters. The fourth-order valence-corrected chi connectivity index (χ4v) is 4.24. The van der Waals surface area contributed by atoms with Crippen molar-refractivity contribution in [3.05, 3.63) is 22.7 Å². The molecule has 0 aliphatic heterocycles. The van der Waals surface area contributed by atoms with Gasteiger partial charge in [0.2, 0.25) is 5.91 Å². The van der Waals surface area contributed by atoms with Crippen LogP contribution < -0.4 is 10.2 Å². The van der Waals surface area contributed by atoms with Gasteiger partial charge in [0, 0.05) is 5.92 Å². The third-order valence-corrected chi connectivity index (χ3v) is 5.64. The maximum atomic E-state index is 12.3. The number of halogens is 1. The van der Waals surface area contributed by atoms with Gasteiger partial charge in [-0.3, -0.25) is 4.79 Å². The summed E-state index contributed by atoms with van der Waals surface area (Å²) >= 11 is 5.98. The number of carbonyl (C=O) groups excluding carboxylic acids is 1. The normalized spacial score (nSPS) is 28.5. The average molecular weight is 351 g/mol. The minimum absolute atomic E-state index is 0.00411. The lowest BCUT2D eigenvalue weighted by Gasteiger charge is -2.15. The van der Waals surface area contributed by atoms with Gasteiger partial charge in [0.05, 0.1) is 17.8 Å². The van der Waals surface area contributed by atoms with Crippen LogP contribution in [0.1, 0.15) is 45.1 Å². The predicted molar refractivity (Wildman–Crippen MR) is 93.6 cm³/mol. The molecule has 3 rings (SSSR count). The Hall–Kier alpha value is -1.75. The molecule has 1 aromatic rings. The van der Waals surface area contributed by atoms with E-state index in [0.717, 1.165) is 12.8 Å². The highest BCUT2D eigenvalue weighted by Crippen LogP contribution is 2.66. The maximum Gasteiger partial charge on any atom is 0.244 e. The van der Waals surface area contributed by atoms with E-state index >= 15 is 0 Å². The number of amides is 1. The molecular weight excluding hydrogens is 328 g/mol. The zero-order valence-electron chi connectivity index (χ0n) is 14.0. The third-order valence-electron chi connectivity index (χ3n) is 5.35. The number of aromatic hydroxyl groups is 1. The van der Waals surface area contributed by atoms with E-state index in [4.69, 9.17) is 16.3 Å². The monoisotopic (exact) mass is 350 g/mol. The summed E-state index contributed by atoms with van der Waals surface area (Å²) in [5.41, 5.74) is 3.47. The molecular formula is C18H23ClN2O3. The Morgan fingerprint density at radius 2 is 2.33 bits per heavy atom. The highest BCUT2D eigenvalue weighted by Gasteiger charge is 2.64. The van der Waals surface area contributed by atoms with E-state index < -0.39 is 0 Å². The summed E-state index contributed by atoms with van der Waals surface area (Å²) < 4.78 is 5.33. The minimum atomic E-state index is -0.0883. The fraction of sp³-hybridized carbons (Fsp3) is 0.556. The molecule has 0 spiro atoms. The molecule has 2 saturated carbocycles. The number of hydrazone groups is 1. The second kappa shape index (κ2) is 6.63. The largest absolute Gasteiger partial charge is 0.503 e. The van der Waals surface area contributed by atoms with E-state index in [1.54, 1.807) is 12.1 Å². The van der Waals surface area contributed by atoms with E-state index in [9.17, 15) is 9.90 Å². The molecule has 0 heterocycles. The Morgan fingerprint density at radius 1 is 1.54 bits per heavy atom. The zero-order valence-corrected chi connectivity index (χ0v) is 14.8. The molecule has 6 heteroatoms. The molecule has 2 aliphatic carbocycles. The van der Waals surface area contributed by atoms with Crippen LogP contribution in [-0.2, 0) is 4.79 Å². The van der Waals surface area contributed by atoms with E-state index in [2.05, 4.69) is 17.5 Å². The topological polar surface area (TPSA) is 70.9 Å². The standard InChI is InChI=1S/C18H23ClN2O3/c1-3-24-14-9-11(8-13(19)16(14)22)10-20-21-17(23)15-12-6-4-5-7-18(12,15)2/h8-10,12,15,22H,3-7H2,1-2H3,(H,21,23)/b20-10-/t12-,15+,18-/m1/s1. The maximum absolute atomic E-state index is 12.3. The number of nitrogens with zero attached hydrogens (tertiary/aromatic N) is 1. The van der Waals surface area contributed by atoms with Crippen molar-refractivity contribution in [2.75, 3.05) is 6.61 Å². The first-order valence-corrected chi connectivity index (χ1v) is 8.83. The van der Waals surface area contributed by atoms with Crippen molar-refractivity contribution < 1.29 is 14.6 Å². The minimum Gasteiger partial charge on any atom is -0.503 e. The summed E-state index contributed by atoms with van der Waals surface area (Å²) in [6.07, 6.45) is 6.22. The Balaban J connectivity index is 1.63. The van der Waals surface area contributed by atoms with E-state index in [0.29, 0.717) is 23.8 Å². The smallest absolute Gasteiger partial charge is 0.244 e. The molecule has 0 aromatic heterocycles. The summed E-state index contributed by atoms with van der Waals surface area (Å²) in [7, 11) is 0. The van der Waals surface area contributed by atoms with Crippen LogP contribution in [0.5, 0.6) is 11.5 Å². The van der Waals surface area contributed by atoms with Gasteiger partial charge in [0.1, 0.15) is 0 Å².